The van der Waals surface area contributed by atoms with E-state index in [0.717, 1.165) is 35.5 Å². The quantitative estimate of drug-likeness (QED) is 0.602. The Hall–Kier alpha value is -2.08. The molecule has 1 aromatic carbocycles. The van der Waals surface area contributed by atoms with E-state index in [-0.39, 0.29) is 5.92 Å². The number of aliphatic imine (C=N–C) groups is 1. The van der Waals surface area contributed by atoms with E-state index in [1.165, 1.54) is 0 Å². The maximum Gasteiger partial charge on any atom is 0.228 e. The molecular weight excluding hydrogens is 338 g/mol. The van der Waals surface area contributed by atoms with Crippen LogP contribution in [-0.2, 0) is 13.0 Å². The Morgan fingerprint density at radius 3 is 2.84 bits per heavy atom. The molecular formula is C18H26ClN5O. The van der Waals surface area contributed by atoms with Crippen LogP contribution in [0.25, 0.3) is 0 Å². The van der Waals surface area contributed by atoms with Crippen LogP contribution < -0.4 is 5.32 Å². The molecule has 6 nitrogen and oxygen atoms in total. The van der Waals surface area contributed by atoms with Crippen molar-refractivity contribution in [3.8, 4) is 0 Å². The predicted octanol–water partition coefficient (Wildman–Crippen LogP) is 3.49. The molecule has 0 aliphatic rings. The topological polar surface area (TPSA) is 66.5 Å². The second-order valence-electron chi connectivity index (χ2n) is 6.17. The molecule has 2 rings (SSSR count). The van der Waals surface area contributed by atoms with Crippen LogP contribution >= 0.6 is 11.6 Å². The predicted molar refractivity (Wildman–Crippen MR) is 101 cm³/mol. The highest BCUT2D eigenvalue weighted by Gasteiger charge is 2.10. The van der Waals surface area contributed by atoms with E-state index in [4.69, 9.17) is 16.1 Å². The van der Waals surface area contributed by atoms with Crippen molar-refractivity contribution in [1.29, 1.82) is 0 Å². The second kappa shape index (κ2) is 9.42. The molecule has 0 radical (unpaired) electrons. The first kappa shape index (κ1) is 19.2. The standard InChI is InChI=1S/C18H26ClN5O/c1-5-20-18(24(4)12-14-7-6-8-15(19)11-14)21-10-9-16-22-17(13(2)3)23-25-16/h6-8,11,13H,5,9-10,12H2,1-4H3,(H,20,21). The van der Waals surface area contributed by atoms with E-state index < -0.39 is 0 Å². The fourth-order valence-corrected chi connectivity index (χ4v) is 2.53. The zero-order chi connectivity index (χ0) is 18.2. The van der Waals surface area contributed by atoms with Crippen LogP contribution in [0.2, 0.25) is 5.02 Å². The van der Waals surface area contributed by atoms with E-state index in [1.807, 2.05) is 39.1 Å². The summed E-state index contributed by atoms with van der Waals surface area (Å²) >= 11 is 6.06. The molecule has 0 saturated carbocycles. The van der Waals surface area contributed by atoms with E-state index >= 15 is 0 Å². The maximum absolute atomic E-state index is 6.06. The highest BCUT2D eigenvalue weighted by molar-refractivity contribution is 6.30. The monoisotopic (exact) mass is 363 g/mol. The minimum Gasteiger partial charge on any atom is -0.357 e. The van der Waals surface area contributed by atoms with Crippen molar-refractivity contribution in [3.05, 3.63) is 46.6 Å². The molecule has 0 saturated heterocycles. The van der Waals surface area contributed by atoms with Gasteiger partial charge in [0.1, 0.15) is 0 Å². The second-order valence-corrected chi connectivity index (χ2v) is 6.61. The highest BCUT2D eigenvalue weighted by Crippen LogP contribution is 2.12. The minimum absolute atomic E-state index is 0.266. The summed E-state index contributed by atoms with van der Waals surface area (Å²) in [5, 5.41) is 8.02. The first-order valence-electron chi connectivity index (χ1n) is 8.56. The van der Waals surface area contributed by atoms with Gasteiger partial charge in [0.2, 0.25) is 5.89 Å². The first-order chi connectivity index (χ1) is 12.0. The normalized spacial score (nSPS) is 11.8. The van der Waals surface area contributed by atoms with Gasteiger partial charge in [0, 0.05) is 37.5 Å². The molecule has 1 heterocycles. The van der Waals surface area contributed by atoms with Gasteiger partial charge in [-0.1, -0.05) is 42.7 Å². The number of hydrogen-bond donors (Lipinski definition) is 1. The van der Waals surface area contributed by atoms with Gasteiger partial charge in [0.05, 0.1) is 6.54 Å². The van der Waals surface area contributed by atoms with Gasteiger partial charge in [-0.05, 0) is 24.6 Å². The third kappa shape index (κ3) is 6.05. The van der Waals surface area contributed by atoms with Crippen molar-refractivity contribution >= 4 is 17.6 Å². The molecule has 1 N–H and O–H groups in total. The lowest BCUT2D eigenvalue weighted by Crippen LogP contribution is -2.38. The Morgan fingerprint density at radius 2 is 2.20 bits per heavy atom. The zero-order valence-electron chi connectivity index (χ0n) is 15.3. The Labute approximate surface area is 154 Å². The largest absolute Gasteiger partial charge is 0.357 e. The lowest BCUT2D eigenvalue weighted by molar-refractivity contribution is 0.372. The third-order valence-corrected chi connectivity index (χ3v) is 3.83. The number of nitrogens with one attached hydrogen (secondary N) is 1. The van der Waals surface area contributed by atoms with Crippen LogP contribution in [0.4, 0.5) is 0 Å². The molecule has 0 spiro atoms. The van der Waals surface area contributed by atoms with Crippen LogP contribution in [0.3, 0.4) is 0 Å². The summed E-state index contributed by atoms with van der Waals surface area (Å²) in [7, 11) is 2.01. The van der Waals surface area contributed by atoms with E-state index in [9.17, 15) is 0 Å². The molecule has 1 aromatic heterocycles. The molecule has 136 valence electrons. The molecule has 0 unspecified atom stereocenters. The Bertz CT molecular complexity index is 698. The number of halogens is 1. The van der Waals surface area contributed by atoms with Crippen LogP contribution in [-0.4, -0.2) is 41.1 Å². The summed E-state index contributed by atoms with van der Waals surface area (Å²) in [6.45, 7) is 8.25. The number of rotatable bonds is 7. The summed E-state index contributed by atoms with van der Waals surface area (Å²) < 4.78 is 5.26. The molecule has 25 heavy (non-hydrogen) atoms. The average Bonchev–Trinajstić information content (AvgIpc) is 3.03. The Morgan fingerprint density at radius 1 is 1.40 bits per heavy atom. The van der Waals surface area contributed by atoms with E-state index in [0.29, 0.717) is 18.9 Å². The molecule has 7 heteroatoms. The Balaban J connectivity index is 1.96. The van der Waals surface area contributed by atoms with Crippen molar-refractivity contribution in [2.24, 2.45) is 4.99 Å². The summed E-state index contributed by atoms with van der Waals surface area (Å²) in [6.07, 6.45) is 0.625. The van der Waals surface area contributed by atoms with Gasteiger partial charge in [0.15, 0.2) is 11.8 Å². The van der Waals surface area contributed by atoms with Gasteiger partial charge in [-0.2, -0.15) is 4.98 Å². The van der Waals surface area contributed by atoms with Crippen LogP contribution in [0.15, 0.2) is 33.8 Å². The van der Waals surface area contributed by atoms with Crippen molar-refractivity contribution < 1.29 is 4.52 Å². The van der Waals surface area contributed by atoms with Crippen molar-refractivity contribution in [3.63, 3.8) is 0 Å². The molecule has 0 aliphatic heterocycles. The SMILES string of the molecule is CCNC(=NCCc1nc(C(C)C)no1)N(C)Cc1cccc(Cl)c1. The van der Waals surface area contributed by atoms with Gasteiger partial charge in [0.25, 0.3) is 0 Å². The van der Waals surface area contributed by atoms with Crippen LogP contribution in [0.5, 0.6) is 0 Å². The number of guanidine groups is 1. The van der Waals surface area contributed by atoms with E-state index in [2.05, 4.69) is 38.3 Å². The Kier molecular flexibility index (Phi) is 7.25. The van der Waals surface area contributed by atoms with Crippen molar-refractivity contribution in [2.45, 2.75) is 39.7 Å². The molecule has 0 aliphatic carbocycles. The van der Waals surface area contributed by atoms with Gasteiger partial charge < -0.3 is 14.7 Å². The summed E-state index contributed by atoms with van der Waals surface area (Å²) in [5.74, 6) is 2.47. The lowest BCUT2D eigenvalue weighted by Gasteiger charge is -2.22. The van der Waals surface area contributed by atoms with Gasteiger partial charge in [-0.15, -0.1) is 0 Å². The van der Waals surface area contributed by atoms with Gasteiger partial charge in [-0.25, -0.2) is 0 Å². The number of nitrogens with zero attached hydrogens (tertiary/aromatic N) is 4. The first-order valence-corrected chi connectivity index (χ1v) is 8.93. The molecule has 0 atom stereocenters. The van der Waals surface area contributed by atoms with Gasteiger partial charge in [-0.3, -0.25) is 4.99 Å². The number of hydrogen-bond acceptors (Lipinski definition) is 4. The minimum atomic E-state index is 0.266. The maximum atomic E-state index is 6.06. The summed E-state index contributed by atoms with van der Waals surface area (Å²) in [4.78, 5) is 11.1. The molecule has 0 fully saturated rings. The highest BCUT2D eigenvalue weighted by atomic mass is 35.5. The smallest absolute Gasteiger partial charge is 0.228 e. The lowest BCUT2D eigenvalue weighted by atomic mass is 10.2. The van der Waals surface area contributed by atoms with Crippen molar-refractivity contribution in [1.82, 2.24) is 20.4 Å². The summed E-state index contributed by atoms with van der Waals surface area (Å²) in [6, 6.07) is 7.85. The molecule has 0 bridgehead atoms. The summed E-state index contributed by atoms with van der Waals surface area (Å²) in [5.41, 5.74) is 1.14. The van der Waals surface area contributed by atoms with Crippen LogP contribution in [0, 0.1) is 0 Å². The fraction of sp³-hybridized carbons (Fsp3) is 0.500. The molecule has 2 aromatic rings. The fourth-order valence-electron chi connectivity index (χ4n) is 2.32. The third-order valence-electron chi connectivity index (χ3n) is 3.59. The number of benzene rings is 1. The van der Waals surface area contributed by atoms with Crippen molar-refractivity contribution in [2.75, 3.05) is 20.1 Å². The van der Waals surface area contributed by atoms with Crippen LogP contribution in [0.1, 0.15) is 44.0 Å². The van der Waals surface area contributed by atoms with Gasteiger partial charge >= 0.3 is 0 Å². The zero-order valence-corrected chi connectivity index (χ0v) is 16.0. The molecule has 0 amide bonds. The van der Waals surface area contributed by atoms with E-state index in [1.54, 1.807) is 0 Å². The number of aromatic nitrogens is 2. The average molecular weight is 364 g/mol.